The van der Waals surface area contributed by atoms with Gasteiger partial charge in [-0.2, -0.15) is 0 Å². The second-order valence-corrected chi connectivity index (χ2v) is 2.52. The Morgan fingerprint density at radius 2 is 1.43 bits per heavy atom. The molecule has 0 atom stereocenters. The van der Waals surface area contributed by atoms with Gasteiger partial charge in [-0.25, -0.2) is 0 Å². The Hall–Kier alpha value is -0.269. The van der Waals surface area contributed by atoms with Gasteiger partial charge >= 0.3 is 60.8 Å². The van der Waals surface area contributed by atoms with Crippen molar-refractivity contribution in [2.45, 2.75) is 5.92 Å². The van der Waals surface area contributed by atoms with Crippen LogP contribution in [0.3, 0.4) is 0 Å². The first-order valence-electron chi connectivity index (χ1n) is 3.63. The number of carbonyl (C=O) groups is 2. The molecule has 72 valence electrons. The van der Waals surface area contributed by atoms with E-state index >= 15 is 0 Å². The van der Waals surface area contributed by atoms with E-state index in [0.29, 0.717) is 0 Å². The third kappa shape index (κ3) is 3.47. The van der Waals surface area contributed by atoms with E-state index < -0.39 is 17.9 Å². The Balaban J connectivity index is 0.00000169. The third-order valence-electron chi connectivity index (χ3n) is 1.63. The van der Waals surface area contributed by atoms with E-state index in [0.717, 1.165) is 0 Å². The average molecular weight is 320 g/mol. The second-order valence-electron chi connectivity index (χ2n) is 2.52. The molecule has 5 heteroatoms. The summed E-state index contributed by atoms with van der Waals surface area (Å²) in [5, 5.41) is 17.2. The van der Waals surface area contributed by atoms with Crippen LogP contribution in [0.4, 0.5) is 0 Å². The van der Waals surface area contributed by atoms with Gasteiger partial charge in [0.05, 0.1) is 0 Å². The molecule has 0 aliphatic rings. The van der Waals surface area contributed by atoms with Crippen LogP contribution in [-0.2, 0) is 9.59 Å². The molecule has 0 aromatic heterocycles. The Morgan fingerprint density at radius 3 is 1.79 bits per heavy atom. The molecule has 0 amide bonds. The molecule has 4 nitrogen and oxygen atoms in total. The quantitative estimate of drug-likeness (QED) is 0.609. The van der Waals surface area contributed by atoms with Crippen LogP contribution >= 0.6 is 0 Å². The molecule has 0 spiro atoms. The third-order valence-corrected chi connectivity index (χ3v) is 1.63. The summed E-state index contributed by atoms with van der Waals surface area (Å²) in [5.41, 5.74) is 0.280. The van der Waals surface area contributed by atoms with Gasteiger partial charge in [-0.1, -0.05) is 30.3 Å². The fourth-order valence-corrected chi connectivity index (χ4v) is 1.04. The first kappa shape index (κ1) is 13.7. The summed E-state index contributed by atoms with van der Waals surface area (Å²) in [5.74, 6) is -4.17. The van der Waals surface area contributed by atoms with Gasteiger partial charge in [0.2, 0.25) is 0 Å². The van der Waals surface area contributed by atoms with E-state index in [4.69, 9.17) is 10.2 Å². The van der Waals surface area contributed by atoms with Crippen LogP contribution in [0, 0.1) is 0 Å². The van der Waals surface area contributed by atoms with Gasteiger partial charge in [0.15, 0.2) is 5.92 Å². The van der Waals surface area contributed by atoms with Gasteiger partial charge in [-0.15, -0.1) is 0 Å². The average Bonchev–Trinajstić information content (AvgIpc) is 2.04. The second kappa shape index (κ2) is 6.26. The molecule has 0 aliphatic carbocycles. The first-order valence-corrected chi connectivity index (χ1v) is 3.63. The van der Waals surface area contributed by atoms with Crippen molar-refractivity contribution in [3.05, 3.63) is 35.9 Å². The normalized spacial score (nSPS) is 9.21. The van der Waals surface area contributed by atoms with E-state index in [1.54, 1.807) is 18.2 Å². The van der Waals surface area contributed by atoms with Crippen molar-refractivity contribution in [2.24, 2.45) is 0 Å². The van der Waals surface area contributed by atoms with E-state index in [9.17, 15) is 9.59 Å². The van der Waals surface area contributed by atoms with Gasteiger partial charge in [0.25, 0.3) is 0 Å². The number of carboxylic acids is 2. The van der Waals surface area contributed by atoms with Gasteiger partial charge < -0.3 is 10.2 Å². The van der Waals surface area contributed by atoms with Crippen LogP contribution in [-0.4, -0.2) is 71.0 Å². The van der Waals surface area contributed by atoms with Crippen molar-refractivity contribution in [1.29, 1.82) is 0 Å². The van der Waals surface area contributed by atoms with Crippen molar-refractivity contribution in [2.75, 3.05) is 0 Å². The molecular formula is C9H10BaO4. The molecule has 0 heterocycles. The van der Waals surface area contributed by atoms with Crippen LogP contribution in [0.25, 0.3) is 0 Å². The molecule has 0 saturated carbocycles. The van der Waals surface area contributed by atoms with Crippen molar-refractivity contribution in [3.8, 4) is 0 Å². The van der Waals surface area contributed by atoms with E-state index in [-0.39, 0.29) is 54.4 Å². The summed E-state index contributed by atoms with van der Waals surface area (Å²) in [6.45, 7) is 0. The summed E-state index contributed by atoms with van der Waals surface area (Å²) in [7, 11) is 0. The molecule has 14 heavy (non-hydrogen) atoms. The van der Waals surface area contributed by atoms with Crippen LogP contribution in [0.2, 0.25) is 0 Å². The van der Waals surface area contributed by atoms with Gasteiger partial charge in [0, 0.05) is 0 Å². The number of benzene rings is 1. The Bertz CT molecular complexity index is 309. The standard InChI is InChI=1S/C9H8O4.Ba.2H/c10-8(11)7(9(12)13)6-4-2-1-3-5-6;;;/h1-5,7H,(H,10,11)(H,12,13);;;. The summed E-state index contributed by atoms with van der Waals surface area (Å²) < 4.78 is 0. The zero-order valence-electron chi connectivity index (χ0n) is 6.68. The van der Waals surface area contributed by atoms with Crippen LogP contribution < -0.4 is 0 Å². The molecule has 0 saturated heterocycles. The van der Waals surface area contributed by atoms with E-state index in [1.165, 1.54) is 12.1 Å². The minimum atomic E-state index is -1.47. The fourth-order valence-electron chi connectivity index (χ4n) is 1.04. The van der Waals surface area contributed by atoms with E-state index in [1.807, 2.05) is 0 Å². The Labute approximate surface area is 121 Å². The summed E-state index contributed by atoms with van der Waals surface area (Å²) in [6, 6.07) is 7.87. The number of aliphatic carboxylic acids is 2. The maximum atomic E-state index is 10.6. The van der Waals surface area contributed by atoms with Crippen molar-refractivity contribution >= 4 is 60.8 Å². The molecule has 0 aliphatic heterocycles. The fraction of sp³-hybridized carbons (Fsp3) is 0.111. The van der Waals surface area contributed by atoms with Crippen LogP contribution in [0.1, 0.15) is 11.5 Å². The summed E-state index contributed by atoms with van der Waals surface area (Å²) >= 11 is 0. The number of hydrogen-bond acceptors (Lipinski definition) is 2. The molecule has 0 unspecified atom stereocenters. The Kier molecular flexibility index (Phi) is 6.14. The SMILES string of the molecule is O=C(O)C(C(=O)O)c1ccccc1.[BaH2]. The number of carboxylic acid groups (broad SMARTS) is 2. The number of rotatable bonds is 3. The van der Waals surface area contributed by atoms with Gasteiger partial charge in [0.1, 0.15) is 0 Å². The monoisotopic (exact) mass is 320 g/mol. The van der Waals surface area contributed by atoms with Crippen molar-refractivity contribution < 1.29 is 19.8 Å². The molecule has 0 bridgehead atoms. The molecule has 1 aromatic carbocycles. The molecular weight excluding hydrogens is 309 g/mol. The maximum absolute atomic E-state index is 10.6. The molecule has 1 aromatic rings. The molecule has 2 N–H and O–H groups in total. The van der Waals surface area contributed by atoms with Crippen molar-refractivity contribution in [3.63, 3.8) is 0 Å². The zero-order chi connectivity index (χ0) is 9.84. The summed E-state index contributed by atoms with van der Waals surface area (Å²) in [6.07, 6.45) is 0. The van der Waals surface area contributed by atoms with E-state index in [2.05, 4.69) is 0 Å². The topological polar surface area (TPSA) is 74.6 Å². The van der Waals surface area contributed by atoms with Crippen molar-refractivity contribution in [1.82, 2.24) is 0 Å². The summed E-state index contributed by atoms with van der Waals surface area (Å²) in [4.78, 5) is 21.1. The van der Waals surface area contributed by atoms with Gasteiger partial charge in [-0.05, 0) is 5.56 Å². The number of hydrogen-bond donors (Lipinski definition) is 2. The zero-order valence-corrected chi connectivity index (χ0v) is 6.68. The Morgan fingerprint density at radius 1 is 1.00 bits per heavy atom. The van der Waals surface area contributed by atoms with Crippen LogP contribution in [0.5, 0.6) is 0 Å². The predicted molar refractivity (Wildman–Crippen MR) is 53.0 cm³/mol. The molecule has 0 fully saturated rings. The minimum absolute atomic E-state index is 0. The molecule has 1 rings (SSSR count). The first-order chi connectivity index (χ1) is 6.13. The predicted octanol–water partition coefficient (Wildman–Crippen LogP) is 0.0232. The van der Waals surface area contributed by atoms with Gasteiger partial charge in [-0.3, -0.25) is 9.59 Å². The molecule has 0 radical (unpaired) electrons. The van der Waals surface area contributed by atoms with Crippen LogP contribution in [0.15, 0.2) is 30.3 Å².